The average Bonchev–Trinajstić information content (AvgIpc) is 3.48. The number of carbonyl (C=O) groups is 1. The Morgan fingerprint density at radius 3 is 2.76 bits per heavy atom. The van der Waals surface area contributed by atoms with Crippen LogP contribution in [0.25, 0.3) is 16.7 Å². The fourth-order valence-corrected chi connectivity index (χ4v) is 4.62. The molecule has 10 heteroatoms. The highest BCUT2D eigenvalue weighted by molar-refractivity contribution is 7.99. The molecule has 8 nitrogen and oxygen atoms in total. The van der Waals surface area contributed by atoms with E-state index in [4.69, 9.17) is 9.15 Å². The molecule has 1 aliphatic rings. The summed E-state index contributed by atoms with van der Waals surface area (Å²) in [7, 11) is 0. The maximum atomic E-state index is 14.0. The Balaban J connectivity index is 1.31. The summed E-state index contributed by atoms with van der Waals surface area (Å²) in [5.74, 6) is 0.901. The van der Waals surface area contributed by atoms with E-state index in [2.05, 4.69) is 20.4 Å². The number of carbonyl (C=O) groups excluding carboxylic acids is 1. The molecule has 0 radical (unpaired) electrons. The van der Waals surface area contributed by atoms with Crippen molar-refractivity contribution >= 4 is 34.6 Å². The van der Waals surface area contributed by atoms with Gasteiger partial charge in [-0.25, -0.2) is 4.39 Å². The Morgan fingerprint density at radius 1 is 1.15 bits per heavy atom. The maximum absolute atomic E-state index is 14.0. The van der Waals surface area contributed by atoms with Crippen LogP contribution in [0.5, 0.6) is 0 Å². The average molecular weight is 482 g/mol. The fourth-order valence-electron chi connectivity index (χ4n) is 3.87. The van der Waals surface area contributed by atoms with Crippen LogP contribution in [-0.2, 0) is 9.53 Å². The highest BCUT2D eigenvalue weighted by Crippen LogP contribution is 2.28. The van der Waals surface area contributed by atoms with Crippen molar-refractivity contribution in [2.24, 2.45) is 0 Å². The SMILES string of the molecule is C[C@@H](NC(=O)CSc1nnc(N2CCOCC2)n1-c1cccc(F)c1)c1cc2ccccc2o1. The number of nitrogens with zero attached hydrogens (tertiary/aromatic N) is 4. The normalized spacial score (nSPS) is 14.9. The van der Waals surface area contributed by atoms with Gasteiger partial charge in [0, 0.05) is 18.5 Å². The number of morpholine rings is 1. The van der Waals surface area contributed by atoms with E-state index < -0.39 is 0 Å². The van der Waals surface area contributed by atoms with Gasteiger partial charge in [0.1, 0.15) is 17.2 Å². The number of thioether (sulfide) groups is 1. The second-order valence-corrected chi connectivity index (χ2v) is 8.90. The predicted octanol–water partition coefficient (Wildman–Crippen LogP) is 3.96. The lowest BCUT2D eigenvalue weighted by molar-refractivity contribution is -0.119. The number of benzene rings is 2. The third-order valence-corrected chi connectivity index (χ3v) is 6.49. The summed E-state index contributed by atoms with van der Waals surface area (Å²) in [5.41, 5.74) is 1.39. The Morgan fingerprint density at radius 2 is 1.97 bits per heavy atom. The molecule has 176 valence electrons. The largest absolute Gasteiger partial charge is 0.459 e. The highest BCUT2D eigenvalue weighted by atomic mass is 32.2. The molecule has 4 aromatic rings. The van der Waals surface area contributed by atoms with Gasteiger partial charge in [0.05, 0.1) is 30.7 Å². The van der Waals surface area contributed by atoms with Gasteiger partial charge in [-0.2, -0.15) is 0 Å². The summed E-state index contributed by atoms with van der Waals surface area (Å²) < 4.78 is 27.1. The van der Waals surface area contributed by atoms with Crippen LogP contribution in [0.1, 0.15) is 18.7 Å². The van der Waals surface area contributed by atoms with E-state index in [-0.39, 0.29) is 23.5 Å². The maximum Gasteiger partial charge on any atom is 0.232 e. The number of furan rings is 1. The summed E-state index contributed by atoms with van der Waals surface area (Å²) in [6.07, 6.45) is 0. The van der Waals surface area contributed by atoms with Crippen molar-refractivity contribution in [1.82, 2.24) is 20.1 Å². The van der Waals surface area contributed by atoms with Gasteiger partial charge >= 0.3 is 0 Å². The Labute approximate surface area is 200 Å². The lowest BCUT2D eigenvalue weighted by Crippen LogP contribution is -2.37. The van der Waals surface area contributed by atoms with Crippen molar-refractivity contribution in [2.45, 2.75) is 18.1 Å². The summed E-state index contributed by atoms with van der Waals surface area (Å²) in [4.78, 5) is 14.8. The monoisotopic (exact) mass is 481 g/mol. The van der Waals surface area contributed by atoms with Crippen LogP contribution in [0.15, 0.2) is 64.2 Å². The molecular weight excluding hydrogens is 457 g/mol. The van der Waals surface area contributed by atoms with Gasteiger partial charge in [-0.15, -0.1) is 10.2 Å². The smallest absolute Gasteiger partial charge is 0.232 e. The Hall–Kier alpha value is -3.37. The number of hydrogen-bond acceptors (Lipinski definition) is 7. The molecule has 0 unspecified atom stereocenters. The molecule has 0 bridgehead atoms. The van der Waals surface area contributed by atoms with Gasteiger partial charge in [-0.1, -0.05) is 36.0 Å². The minimum absolute atomic E-state index is 0.126. The van der Waals surface area contributed by atoms with E-state index in [9.17, 15) is 9.18 Å². The van der Waals surface area contributed by atoms with Gasteiger partial charge in [0.2, 0.25) is 11.9 Å². The van der Waals surface area contributed by atoms with Crippen molar-refractivity contribution in [3.05, 3.63) is 66.2 Å². The summed E-state index contributed by atoms with van der Waals surface area (Å²) in [6.45, 7) is 4.37. The molecule has 5 rings (SSSR count). The lowest BCUT2D eigenvalue weighted by atomic mass is 10.2. The molecule has 1 N–H and O–H groups in total. The van der Waals surface area contributed by atoms with E-state index in [1.54, 1.807) is 16.7 Å². The van der Waals surface area contributed by atoms with Gasteiger partial charge in [0.25, 0.3) is 0 Å². The molecule has 1 fully saturated rings. The number of fused-ring (bicyclic) bond motifs is 1. The molecule has 2 aromatic carbocycles. The number of hydrogen-bond donors (Lipinski definition) is 1. The Bertz CT molecular complexity index is 1270. The molecule has 1 aliphatic heterocycles. The molecule has 1 atom stereocenters. The zero-order chi connectivity index (χ0) is 23.5. The molecule has 0 saturated carbocycles. The van der Waals surface area contributed by atoms with E-state index >= 15 is 0 Å². The number of nitrogens with one attached hydrogen (secondary N) is 1. The van der Waals surface area contributed by atoms with Crippen LogP contribution < -0.4 is 10.2 Å². The fraction of sp³-hybridized carbons (Fsp3) is 0.292. The van der Waals surface area contributed by atoms with Gasteiger partial charge in [0.15, 0.2) is 5.16 Å². The number of aromatic nitrogens is 3. The quantitative estimate of drug-likeness (QED) is 0.400. The van der Waals surface area contributed by atoms with Crippen LogP contribution in [0.4, 0.5) is 10.3 Å². The van der Waals surface area contributed by atoms with Crippen molar-refractivity contribution in [1.29, 1.82) is 0 Å². The summed E-state index contributed by atoms with van der Waals surface area (Å²) in [5, 5.41) is 13.1. The first-order chi connectivity index (χ1) is 16.6. The number of rotatable bonds is 7. The third kappa shape index (κ3) is 4.78. The van der Waals surface area contributed by atoms with Crippen molar-refractivity contribution in [2.75, 3.05) is 37.0 Å². The first kappa shape index (κ1) is 22.4. The predicted molar refractivity (Wildman–Crippen MR) is 128 cm³/mol. The summed E-state index contributed by atoms with van der Waals surface area (Å²) >= 11 is 1.25. The molecule has 2 aromatic heterocycles. The highest BCUT2D eigenvalue weighted by Gasteiger charge is 2.23. The van der Waals surface area contributed by atoms with Crippen molar-refractivity contribution < 1.29 is 18.3 Å². The number of amides is 1. The molecular formula is C24H24FN5O3S. The van der Waals surface area contributed by atoms with E-state index in [0.29, 0.717) is 48.9 Å². The topological polar surface area (TPSA) is 85.4 Å². The van der Waals surface area contributed by atoms with E-state index in [1.807, 2.05) is 37.3 Å². The van der Waals surface area contributed by atoms with Gasteiger partial charge < -0.3 is 19.4 Å². The first-order valence-electron chi connectivity index (χ1n) is 11.0. The molecule has 1 amide bonds. The zero-order valence-corrected chi connectivity index (χ0v) is 19.4. The van der Waals surface area contributed by atoms with Crippen molar-refractivity contribution in [3.8, 4) is 5.69 Å². The standard InChI is InChI=1S/C24H24FN5O3S/c1-16(21-13-17-5-2-3-8-20(17)33-21)26-22(31)15-34-24-28-27-23(29-9-11-32-12-10-29)30(24)19-7-4-6-18(25)14-19/h2-8,13-14,16H,9-12,15H2,1H3,(H,26,31)/t16-/m1/s1. The minimum Gasteiger partial charge on any atom is -0.459 e. The number of para-hydroxylation sites is 1. The van der Waals surface area contributed by atoms with Gasteiger partial charge in [-0.3, -0.25) is 9.36 Å². The minimum atomic E-state index is -0.354. The van der Waals surface area contributed by atoms with Gasteiger partial charge in [-0.05, 0) is 37.3 Å². The molecule has 3 heterocycles. The molecule has 34 heavy (non-hydrogen) atoms. The number of ether oxygens (including phenoxy) is 1. The lowest BCUT2D eigenvalue weighted by Gasteiger charge is -2.27. The van der Waals surface area contributed by atoms with Crippen LogP contribution in [0.2, 0.25) is 0 Å². The second-order valence-electron chi connectivity index (χ2n) is 7.96. The van der Waals surface area contributed by atoms with Crippen LogP contribution >= 0.6 is 11.8 Å². The Kier molecular flexibility index (Phi) is 6.50. The second kappa shape index (κ2) is 9.86. The first-order valence-corrected chi connectivity index (χ1v) is 12.0. The third-order valence-electron chi connectivity index (χ3n) is 5.56. The number of halogens is 1. The van der Waals surface area contributed by atoms with Crippen LogP contribution in [-0.4, -0.2) is 52.7 Å². The summed E-state index contributed by atoms with van der Waals surface area (Å²) in [6, 6.07) is 15.6. The van der Waals surface area contributed by atoms with Crippen molar-refractivity contribution in [3.63, 3.8) is 0 Å². The van der Waals surface area contributed by atoms with Crippen LogP contribution in [0.3, 0.4) is 0 Å². The molecule has 0 aliphatic carbocycles. The van der Waals surface area contributed by atoms with Crippen LogP contribution in [0, 0.1) is 5.82 Å². The van der Waals surface area contributed by atoms with E-state index in [1.165, 1.54) is 23.9 Å². The molecule has 1 saturated heterocycles. The van der Waals surface area contributed by atoms with E-state index in [0.717, 1.165) is 11.0 Å². The number of anilines is 1. The zero-order valence-electron chi connectivity index (χ0n) is 18.6. The molecule has 0 spiro atoms.